The van der Waals surface area contributed by atoms with Crippen molar-refractivity contribution in [1.82, 2.24) is 10.6 Å². The van der Waals surface area contributed by atoms with Crippen molar-refractivity contribution in [3.63, 3.8) is 0 Å². The zero-order chi connectivity index (χ0) is 21.7. The molecule has 0 aliphatic carbocycles. The van der Waals surface area contributed by atoms with Crippen LogP contribution in [0.25, 0.3) is 0 Å². The Hall–Kier alpha value is -2.46. The molecule has 2 amide bonds. The smallest absolute Gasteiger partial charge is 0.427 e. The molecule has 28 heavy (non-hydrogen) atoms. The van der Waals surface area contributed by atoms with Crippen molar-refractivity contribution in [1.29, 1.82) is 0 Å². The van der Waals surface area contributed by atoms with Gasteiger partial charge in [-0.1, -0.05) is 31.5 Å². The number of halogens is 6. The van der Waals surface area contributed by atoms with E-state index in [-0.39, 0.29) is 5.92 Å². The normalized spacial score (nSPS) is 13.4. The van der Waals surface area contributed by atoms with Gasteiger partial charge in [-0.15, -0.1) is 0 Å². The molecule has 0 spiro atoms. The van der Waals surface area contributed by atoms with Crippen molar-refractivity contribution < 1.29 is 40.7 Å². The second-order valence-electron chi connectivity index (χ2n) is 6.44. The van der Waals surface area contributed by atoms with Crippen LogP contribution >= 0.6 is 0 Å². The first-order chi connectivity index (χ1) is 12.7. The van der Waals surface area contributed by atoms with Gasteiger partial charge in [-0.05, 0) is 25.0 Å². The van der Waals surface area contributed by atoms with Crippen LogP contribution in [0.5, 0.6) is 0 Å². The van der Waals surface area contributed by atoms with Crippen molar-refractivity contribution in [3.8, 4) is 0 Å². The Morgan fingerprint density at radius 3 is 1.93 bits per heavy atom. The molecule has 5 nitrogen and oxygen atoms in total. The second-order valence-corrected chi connectivity index (χ2v) is 6.44. The first kappa shape index (κ1) is 23.6. The number of benzene rings is 1. The fourth-order valence-corrected chi connectivity index (χ4v) is 2.07. The number of amides is 2. The standard InChI is InChI=1S/C17H20F6N2O3/c1-9(2)12(25-13(26)11-6-4-10(3)5-7-11)8-24-15(27)28-14(16(18,19)20)17(21,22)23/h4-7,9,12,14H,8H2,1-3H3,(H,24,27)(H,25,26). The van der Waals surface area contributed by atoms with E-state index in [4.69, 9.17) is 0 Å². The third kappa shape index (κ3) is 7.28. The molecule has 1 rings (SSSR count). The Labute approximate surface area is 157 Å². The van der Waals surface area contributed by atoms with Crippen LogP contribution in [-0.4, -0.2) is 43.0 Å². The molecule has 1 aromatic carbocycles. The lowest BCUT2D eigenvalue weighted by molar-refractivity contribution is -0.307. The number of carbonyl (C=O) groups excluding carboxylic acids is 2. The number of rotatable bonds is 6. The van der Waals surface area contributed by atoms with E-state index < -0.39 is 43.0 Å². The average molecular weight is 414 g/mol. The number of alkyl halides is 6. The Morgan fingerprint density at radius 2 is 1.50 bits per heavy atom. The lowest BCUT2D eigenvalue weighted by Gasteiger charge is -2.25. The fourth-order valence-electron chi connectivity index (χ4n) is 2.07. The Kier molecular flexibility index (Phi) is 7.71. The number of aryl methyl sites for hydroxylation is 1. The monoisotopic (exact) mass is 414 g/mol. The van der Waals surface area contributed by atoms with Crippen LogP contribution in [0.2, 0.25) is 0 Å². The maximum atomic E-state index is 12.4. The number of hydrogen-bond donors (Lipinski definition) is 2. The lowest BCUT2D eigenvalue weighted by atomic mass is 10.0. The van der Waals surface area contributed by atoms with E-state index in [1.807, 2.05) is 12.2 Å². The summed E-state index contributed by atoms with van der Waals surface area (Å²) in [6, 6.07) is 5.76. The maximum Gasteiger partial charge on any atom is 0.434 e. The molecular formula is C17H20F6N2O3. The van der Waals surface area contributed by atoms with Crippen molar-refractivity contribution in [2.45, 2.75) is 45.3 Å². The number of ether oxygens (including phenoxy) is 1. The predicted octanol–water partition coefficient (Wildman–Crippen LogP) is 3.97. The van der Waals surface area contributed by atoms with E-state index in [2.05, 4.69) is 10.1 Å². The van der Waals surface area contributed by atoms with Gasteiger partial charge in [-0.2, -0.15) is 26.3 Å². The summed E-state index contributed by atoms with van der Waals surface area (Å²) < 4.78 is 78.0. The van der Waals surface area contributed by atoms with E-state index in [9.17, 15) is 35.9 Å². The molecule has 0 saturated carbocycles. The lowest BCUT2D eigenvalue weighted by Crippen LogP contribution is -2.50. The van der Waals surface area contributed by atoms with E-state index in [1.165, 1.54) is 0 Å². The summed E-state index contributed by atoms with van der Waals surface area (Å²) in [5, 5.41) is 4.40. The molecule has 2 N–H and O–H groups in total. The molecule has 0 saturated heterocycles. The van der Waals surface area contributed by atoms with Crippen LogP contribution in [0.15, 0.2) is 24.3 Å². The van der Waals surface area contributed by atoms with Gasteiger partial charge in [-0.3, -0.25) is 4.79 Å². The average Bonchev–Trinajstić information content (AvgIpc) is 2.54. The number of nitrogens with one attached hydrogen (secondary N) is 2. The highest BCUT2D eigenvalue weighted by Gasteiger charge is 2.60. The fraction of sp³-hybridized carbons (Fsp3) is 0.529. The zero-order valence-electron chi connectivity index (χ0n) is 15.2. The third-order valence-electron chi connectivity index (χ3n) is 3.72. The molecule has 0 heterocycles. The topological polar surface area (TPSA) is 67.4 Å². The Bertz CT molecular complexity index is 657. The summed E-state index contributed by atoms with van der Waals surface area (Å²) in [5.74, 6) is -0.784. The molecule has 11 heteroatoms. The van der Waals surface area contributed by atoms with E-state index in [0.29, 0.717) is 5.56 Å². The third-order valence-corrected chi connectivity index (χ3v) is 3.72. The first-order valence-electron chi connectivity index (χ1n) is 8.17. The van der Waals surface area contributed by atoms with Gasteiger partial charge >= 0.3 is 18.4 Å². The molecule has 0 aliphatic heterocycles. The Balaban J connectivity index is 2.70. The van der Waals surface area contributed by atoms with Gasteiger partial charge in [0.05, 0.1) is 0 Å². The van der Waals surface area contributed by atoms with Crippen LogP contribution in [0.4, 0.5) is 31.1 Å². The van der Waals surface area contributed by atoms with Gasteiger partial charge in [-0.25, -0.2) is 4.79 Å². The van der Waals surface area contributed by atoms with Crippen molar-refractivity contribution in [2.24, 2.45) is 5.92 Å². The summed E-state index contributed by atoms with van der Waals surface area (Å²) in [7, 11) is 0. The molecule has 0 bridgehead atoms. The van der Waals surface area contributed by atoms with E-state index in [1.54, 1.807) is 38.1 Å². The summed E-state index contributed by atoms with van der Waals surface area (Å²) in [6.07, 6.45) is -17.7. The molecule has 0 aromatic heterocycles. The molecule has 1 unspecified atom stereocenters. The first-order valence-corrected chi connectivity index (χ1v) is 8.17. The van der Waals surface area contributed by atoms with Crippen LogP contribution in [0, 0.1) is 12.8 Å². The summed E-state index contributed by atoms with van der Waals surface area (Å²) in [5.41, 5.74) is 1.23. The summed E-state index contributed by atoms with van der Waals surface area (Å²) >= 11 is 0. The molecule has 0 fully saturated rings. The summed E-state index contributed by atoms with van der Waals surface area (Å²) in [4.78, 5) is 23.6. The molecule has 1 atom stereocenters. The van der Waals surface area contributed by atoms with Crippen LogP contribution in [-0.2, 0) is 4.74 Å². The molecule has 0 radical (unpaired) electrons. The minimum absolute atomic E-state index is 0.282. The molecule has 158 valence electrons. The predicted molar refractivity (Wildman–Crippen MR) is 87.7 cm³/mol. The number of alkyl carbamates (subject to hydrolysis) is 1. The highest BCUT2D eigenvalue weighted by atomic mass is 19.4. The Morgan fingerprint density at radius 1 is 1.00 bits per heavy atom. The maximum absolute atomic E-state index is 12.4. The van der Waals surface area contributed by atoms with Gasteiger partial charge in [0.2, 0.25) is 0 Å². The van der Waals surface area contributed by atoms with Gasteiger partial charge in [0, 0.05) is 18.2 Å². The van der Waals surface area contributed by atoms with Crippen molar-refractivity contribution in [3.05, 3.63) is 35.4 Å². The van der Waals surface area contributed by atoms with Gasteiger partial charge in [0.1, 0.15) is 0 Å². The van der Waals surface area contributed by atoms with Gasteiger partial charge in [0.25, 0.3) is 12.0 Å². The highest BCUT2D eigenvalue weighted by molar-refractivity contribution is 5.94. The second kappa shape index (κ2) is 9.16. The van der Waals surface area contributed by atoms with Gasteiger partial charge < -0.3 is 15.4 Å². The quantitative estimate of drug-likeness (QED) is 0.693. The molecule has 1 aromatic rings. The minimum atomic E-state index is -5.80. The summed E-state index contributed by atoms with van der Waals surface area (Å²) in [6.45, 7) is 4.71. The zero-order valence-corrected chi connectivity index (χ0v) is 15.2. The molecular weight excluding hydrogens is 394 g/mol. The van der Waals surface area contributed by atoms with Crippen LogP contribution in [0.3, 0.4) is 0 Å². The van der Waals surface area contributed by atoms with E-state index in [0.717, 1.165) is 5.56 Å². The van der Waals surface area contributed by atoms with Crippen LogP contribution in [0.1, 0.15) is 29.8 Å². The van der Waals surface area contributed by atoms with Crippen LogP contribution < -0.4 is 10.6 Å². The minimum Gasteiger partial charge on any atom is -0.427 e. The SMILES string of the molecule is Cc1ccc(C(=O)NC(CNC(=O)OC(C(F)(F)F)C(F)(F)F)C(C)C)cc1. The van der Waals surface area contributed by atoms with Gasteiger partial charge in [0.15, 0.2) is 0 Å². The highest BCUT2D eigenvalue weighted by Crippen LogP contribution is 2.35. The van der Waals surface area contributed by atoms with E-state index >= 15 is 0 Å². The number of carbonyl (C=O) groups is 2. The van der Waals surface area contributed by atoms with Crippen molar-refractivity contribution in [2.75, 3.05) is 6.54 Å². The number of hydrogen-bond acceptors (Lipinski definition) is 3. The van der Waals surface area contributed by atoms with Crippen molar-refractivity contribution >= 4 is 12.0 Å². The largest absolute Gasteiger partial charge is 0.434 e. The molecule has 0 aliphatic rings.